The number of thiol groups is 1. The number of urea groups is 1. The Morgan fingerprint density at radius 2 is 1.56 bits per heavy atom. The van der Waals surface area contributed by atoms with E-state index in [1.165, 1.54) is 20.3 Å². The molecule has 34 heavy (non-hydrogen) atoms. The van der Waals surface area contributed by atoms with Crippen molar-refractivity contribution in [2.75, 3.05) is 48.2 Å². The Balaban J connectivity index is 1.68. The minimum atomic E-state index is -0.528. The summed E-state index contributed by atoms with van der Waals surface area (Å²) in [5.74, 6) is 0.568. The van der Waals surface area contributed by atoms with Crippen LogP contribution in [0.25, 0.3) is 0 Å². The number of benzene rings is 3. The van der Waals surface area contributed by atoms with Gasteiger partial charge in [-0.2, -0.15) is 0 Å². The van der Waals surface area contributed by atoms with Crippen molar-refractivity contribution in [2.24, 2.45) is 0 Å². The number of ether oxygens (including phenoxy) is 2. The van der Waals surface area contributed by atoms with Gasteiger partial charge in [0, 0.05) is 37.1 Å². The first-order valence-corrected chi connectivity index (χ1v) is 10.9. The summed E-state index contributed by atoms with van der Waals surface area (Å²) in [6, 6.07) is 16.6. The molecule has 0 aliphatic rings. The first-order valence-electron chi connectivity index (χ1n) is 10.1. The molecule has 178 valence electrons. The normalized spacial score (nSPS) is 10.3. The minimum Gasteiger partial charge on any atom is -0.495 e. The summed E-state index contributed by atoms with van der Waals surface area (Å²) < 4.78 is 11.6. The fraction of sp³-hybridized carbons (Fsp3) is 0.167. The van der Waals surface area contributed by atoms with Gasteiger partial charge in [-0.1, -0.05) is 30.5 Å². The van der Waals surface area contributed by atoms with Crippen LogP contribution in [-0.2, 0) is 0 Å². The van der Waals surface area contributed by atoms with E-state index in [0.29, 0.717) is 39.1 Å². The van der Waals surface area contributed by atoms with Crippen molar-refractivity contribution in [2.45, 2.75) is 0 Å². The fourth-order valence-electron chi connectivity index (χ4n) is 3.06. The Kier molecular flexibility index (Phi) is 8.14. The lowest BCUT2D eigenvalue weighted by Crippen LogP contribution is -2.27. The highest BCUT2D eigenvalue weighted by Crippen LogP contribution is 2.36. The third-order valence-electron chi connectivity index (χ3n) is 4.90. The molecule has 0 aliphatic heterocycles. The van der Waals surface area contributed by atoms with E-state index in [2.05, 4.69) is 23.4 Å². The number of anilines is 4. The van der Waals surface area contributed by atoms with Crippen LogP contribution in [0, 0.1) is 0 Å². The van der Waals surface area contributed by atoms with Crippen LogP contribution in [-0.4, -0.2) is 40.3 Å². The summed E-state index contributed by atoms with van der Waals surface area (Å²) >= 11 is 10.5. The Morgan fingerprint density at radius 3 is 2.18 bits per heavy atom. The first-order chi connectivity index (χ1) is 16.2. The van der Waals surface area contributed by atoms with E-state index in [-0.39, 0.29) is 5.91 Å². The lowest BCUT2D eigenvalue weighted by atomic mass is 10.1. The molecule has 3 aromatic rings. The smallest absolute Gasteiger partial charge is 0.336 e. The molecule has 3 aromatic carbocycles. The number of rotatable bonds is 7. The van der Waals surface area contributed by atoms with Gasteiger partial charge in [-0.3, -0.25) is 4.79 Å². The fourth-order valence-corrected chi connectivity index (χ4v) is 3.48. The molecular weight excluding hydrogens is 476 g/mol. The summed E-state index contributed by atoms with van der Waals surface area (Å²) in [6.07, 6.45) is 0. The molecule has 3 amide bonds. The van der Waals surface area contributed by atoms with Gasteiger partial charge in [0.25, 0.3) is 5.91 Å². The van der Waals surface area contributed by atoms with E-state index < -0.39 is 6.03 Å². The second kappa shape index (κ2) is 11.0. The SMILES string of the molecule is COc1cc(OC)c(NC(=O)N(S)c2ccc(NC(=O)c3cccc(N(C)C)c3)cc2)cc1Cl. The number of nitrogens with zero attached hydrogens (tertiary/aromatic N) is 2. The van der Waals surface area contributed by atoms with Gasteiger partial charge >= 0.3 is 6.03 Å². The molecule has 0 fully saturated rings. The number of carbonyl (C=O) groups is 2. The van der Waals surface area contributed by atoms with Gasteiger partial charge < -0.3 is 25.0 Å². The maximum Gasteiger partial charge on any atom is 0.336 e. The second-order valence-electron chi connectivity index (χ2n) is 7.37. The van der Waals surface area contributed by atoms with E-state index in [0.717, 1.165) is 9.99 Å². The summed E-state index contributed by atoms with van der Waals surface area (Å²) in [5, 5.41) is 5.87. The Bertz CT molecular complexity index is 1190. The third-order valence-corrected chi connectivity index (χ3v) is 5.61. The van der Waals surface area contributed by atoms with Crippen molar-refractivity contribution in [1.29, 1.82) is 0 Å². The van der Waals surface area contributed by atoms with Crippen molar-refractivity contribution in [3.8, 4) is 11.5 Å². The average Bonchev–Trinajstić information content (AvgIpc) is 2.84. The monoisotopic (exact) mass is 500 g/mol. The first kappa shape index (κ1) is 25.1. The number of amides is 3. The van der Waals surface area contributed by atoms with Crippen LogP contribution in [0.2, 0.25) is 5.02 Å². The zero-order chi connectivity index (χ0) is 24.8. The van der Waals surface area contributed by atoms with E-state index >= 15 is 0 Å². The van der Waals surface area contributed by atoms with E-state index in [4.69, 9.17) is 21.1 Å². The van der Waals surface area contributed by atoms with Crippen molar-refractivity contribution >= 4 is 59.1 Å². The molecule has 0 bridgehead atoms. The van der Waals surface area contributed by atoms with Crippen LogP contribution in [0.3, 0.4) is 0 Å². The molecule has 8 nitrogen and oxygen atoms in total. The van der Waals surface area contributed by atoms with Gasteiger partial charge in [0.1, 0.15) is 11.5 Å². The highest BCUT2D eigenvalue weighted by atomic mass is 35.5. The second-order valence-corrected chi connectivity index (χ2v) is 8.18. The zero-order valence-corrected chi connectivity index (χ0v) is 20.8. The number of hydrogen-bond acceptors (Lipinski definition) is 6. The Hall–Kier alpha value is -3.56. The molecule has 2 N–H and O–H groups in total. The number of hydrogen-bond donors (Lipinski definition) is 3. The third kappa shape index (κ3) is 5.86. The molecule has 0 saturated carbocycles. The van der Waals surface area contributed by atoms with E-state index in [1.54, 1.807) is 36.4 Å². The predicted molar refractivity (Wildman–Crippen MR) is 140 cm³/mol. The molecule has 0 heterocycles. The van der Waals surface area contributed by atoms with Gasteiger partial charge in [-0.25, -0.2) is 9.10 Å². The summed E-state index contributed by atoms with van der Waals surface area (Å²) in [6.45, 7) is 0. The number of methoxy groups -OCH3 is 2. The van der Waals surface area contributed by atoms with Crippen molar-refractivity contribution in [1.82, 2.24) is 0 Å². The molecule has 0 aromatic heterocycles. The molecule has 0 spiro atoms. The number of halogens is 1. The van der Waals surface area contributed by atoms with Crippen LogP contribution < -0.4 is 29.3 Å². The highest BCUT2D eigenvalue weighted by Gasteiger charge is 2.17. The van der Waals surface area contributed by atoms with Crippen LogP contribution in [0.15, 0.2) is 60.7 Å². The van der Waals surface area contributed by atoms with Gasteiger partial charge in [-0.15, -0.1) is 0 Å². The maximum absolute atomic E-state index is 12.7. The van der Waals surface area contributed by atoms with Crippen LogP contribution in [0.1, 0.15) is 10.4 Å². The predicted octanol–water partition coefficient (Wildman–Crippen LogP) is 5.56. The molecule has 0 saturated heterocycles. The van der Waals surface area contributed by atoms with Crippen molar-refractivity contribution < 1.29 is 19.1 Å². The lowest BCUT2D eigenvalue weighted by Gasteiger charge is -2.19. The highest BCUT2D eigenvalue weighted by molar-refractivity contribution is 7.82. The molecule has 3 rings (SSSR count). The van der Waals surface area contributed by atoms with Gasteiger partial charge in [0.15, 0.2) is 0 Å². The quantitative estimate of drug-likeness (QED) is 0.370. The topological polar surface area (TPSA) is 83.1 Å². The van der Waals surface area contributed by atoms with Gasteiger partial charge in [0.2, 0.25) is 0 Å². The zero-order valence-electron chi connectivity index (χ0n) is 19.1. The molecule has 0 radical (unpaired) electrons. The molecular formula is C24H25ClN4O4S. The molecule has 0 atom stereocenters. The number of carbonyl (C=O) groups excluding carboxylic acids is 2. The van der Waals surface area contributed by atoms with E-state index in [1.807, 2.05) is 37.2 Å². The summed E-state index contributed by atoms with van der Waals surface area (Å²) in [5.41, 5.74) is 2.90. The standard InChI is InChI=1S/C24H25ClN4O4S/c1-28(2)18-7-5-6-15(12-18)23(30)26-16-8-10-17(11-9-16)29(34)24(31)27-20-13-19(25)21(32-3)14-22(20)33-4/h5-14,34H,1-4H3,(H,26,30)(H,27,31). The Labute approximate surface area is 208 Å². The lowest BCUT2D eigenvalue weighted by molar-refractivity contribution is 0.102. The van der Waals surface area contributed by atoms with Crippen LogP contribution in [0.4, 0.5) is 27.5 Å². The van der Waals surface area contributed by atoms with Crippen molar-refractivity contribution in [3.63, 3.8) is 0 Å². The molecule has 0 unspecified atom stereocenters. The molecule has 0 aliphatic carbocycles. The molecule has 10 heteroatoms. The summed E-state index contributed by atoms with van der Waals surface area (Å²) in [4.78, 5) is 27.2. The minimum absolute atomic E-state index is 0.236. The summed E-state index contributed by atoms with van der Waals surface area (Å²) in [7, 11) is 6.78. The average molecular weight is 501 g/mol. The Morgan fingerprint density at radius 1 is 0.882 bits per heavy atom. The van der Waals surface area contributed by atoms with E-state index in [9.17, 15) is 9.59 Å². The maximum atomic E-state index is 12.7. The largest absolute Gasteiger partial charge is 0.495 e. The van der Waals surface area contributed by atoms with Crippen LogP contribution in [0.5, 0.6) is 11.5 Å². The van der Waals surface area contributed by atoms with Gasteiger partial charge in [0.05, 0.1) is 30.6 Å². The number of nitrogens with one attached hydrogen (secondary N) is 2. The van der Waals surface area contributed by atoms with Gasteiger partial charge in [-0.05, 0) is 48.5 Å². The van der Waals surface area contributed by atoms with Crippen LogP contribution >= 0.6 is 24.4 Å². The van der Waals surface area contributed by atoms with Crippen molar-refractivity contribution in [3.05, 3.63) is 71.2 Å².